The summed E-state index contributed by atoms with van der Waals surface area (Å²) in [5.41, 5.74) is 0.699. The van der Waals surface area contributed by atoms with Crippen LogP contribution in [0.15, 0.2) is 30.3 Å². The van der Waals surface area contributed by atoms with E-state index in [1.54, 1.807) is 12.1 Å². The van der Waals surface area contributed by atoms with Crippen molar-refractivity contribution >= 4 is 24.4 Å². The van der Waals surface area contributed by atoms with Crippen LogP contribution in [0.2, 0.25) is 0 Å². The highest BCUT2D eigenvalue weighted by Gasteiger charge is 2.34. The molecule has 1 N–H and O–H groups in total. The van der Waals surface area contributed by atoms with Crippen molar-refractivity contribution in [3.05, 3.63) is 30.3 Å². The van der Waals surface area contributed by atoms with E-state index in [0.29, 0.717) is 12.1 Å². The number of carbonyl (C=O) groups excluding carboxylic acids is 2. The Morgan fingerprint density at radius 2 is 2.19 bits per heavy atom. The predicted octanol–water partition coefficient (Wildman–Crippen LogP) is 0.221. The normalized spacial score (nSPS) is 18.5. The molecule has 0 aromatic heterocycles. The number of hydrogen-bond donors (Lipinski definition) is 1. The van der Waals surface area contributed by atoms with Gasteiger partial charge < -0.3 is 10.1 Å². The second-order valence-electron chi connectivity index (χ2n) is 3.36. The van der Waals surface area contributed by atoms with Crippen LogP contribution in [-0.2, 0) is 14.3 Å². The summed E-state index contributed by atoms with van der Waals surface area (Å²) in [6.07, 6.45) is 1.82. The molecule has 1 unspecified atom stereocenters. The van der Waals surface area contributed by atoms with Crippen LogP contribution < -0.4 is 5.32 Å². The van der Waals surface area contributed by atoms with Gasteiger partial charge in [-0.25, -0.2) is 4.79 Å². The number of carbonyl (C=O) groups is 2. The highest BCUT2D eigenvalue weighted by molar-refractivity contribution is 5.95. The molecule has 1 aromatic carbocycles. The molecule has 0 fully saturated rings. The summed E-state index contributed by atoms with van der Waals surface area (Å²) >= 11 is 0. The maximum atomic E-state index is 11.8. The average Bonchev–Trinajstić information content (AvgIpc) is 2.78. The number of rotatable bonds is 3. The van der Waals surface area contributed by atoms with E-state index in [-0.39, 0.29) is 12.5 Å². The first-order valence-corrected chi connectivity index (χ1v) is 4.85. The topological polar surface area (TPSA) is 58.4 Å². The van der Waals surface area contributed by atoms with Crippen molar-refractivity contribution in [2.75, 3.05) is 11.9 Å². The van der Waals surface area contributed by atoms with Crippen molar-refractivity contribution in [2.45, 2.75) is 6.04 Å². The number of nitrogens with zero attached hydrogens (tertiary/aromatic N) is 1. The van der Waals surface area contributed by atoms with Crippen LogP contribution in [0.5, 0.6) is 0 Å². The summed E-state index contributed by atoms with van der Waals surface area (Å²) < 4.78 is 6.13. The number of anilines is 1. The molecule has 1 aromatic rings. The minimum absolute atomic E-state index is 0.192. The Morgan fingerprint density at radius 1 is 1.44 bits per heavy atom. The molecule has 2 amide bonds. The summed E-state index contributed by atoms with van der Waals surface area (Å²) in [5.74, 6) is -0.257. The Hall–Kier alpha value is -2.17. The second-order valence-corrected chi connectivity index (χ2v) is 3.36. The molecule has 0 aliphatic carbocycles. The quantitative estimate of drug-likeness (QED) is 0.584. The molecule has 1 atom stereocenters. The zero-order valence-corrected chi connectivity index (χ0v) is 8.50. The van der Waals surface area contributed by atoms with Gasteiger partial charge in [0.2, 0.25) is 0 Å². The first kappa shape index (κ1) is 10.4. The molecule has 5 heteroatoms. The minimum atomic E-state index is -0.585. The van der Waals surface area contributed by atoms with Crippen molar-refractivity contribution in [2.24, 2.45) is 0 Å². The van der Waals surface area contributed by atoms with Gasteiger partial charge in [-0.15, -0.1) is 4.58 Å². The molecule has 16 heavy (non-hydrogen) atoms. The maximum absolute atomic E-state index is 11.8. The summed E-state index contributed by atoms with van der Waals surface area (Å²) in [7, 11) is 0. The second kappa shape index (κ2) is 4.57. The van der Waals surface area contributed by atoms with Crippen LogP contribution in [-0.4, -0.2) is 35.9 Å². The van der Waals surface area contributed by atoms with Crippen molar-refractivity contribution in [3.63, 3.8) is 0 Å². The number of benzene rings is 1. The van der Waals surface area contributed by atoms with E-state index >= 15 is 0 Å². The van der Waals surface area contributed by atoms with E-state index in [2.05, 4.69) is 5.32 Å². The Labute approximate surface area is 92.3 Å². The molecule has 0 saturated heterocycles. The molecular weight excluding hydrogens is 208 g/mol. The van der Waals surface area contributed by atoms with Crippen molar-refractivity contribution in [3.8, 4) is 0 Å². The van der Waals surface area contributed by atoms with Crippen LogP contribution in [0, 0.1) is 0 Å². The van der Waals surface area contributed by atoms with Gasteiger partial charge in [0.1, 0.15) is 0 Å². The fraction of sp³-hybridized carbons (Fsp3) is 0.182. The van der Waals surface area contributed by atoms with E-state index in [1.807, 2.05) is 18.2 Å². The molecule has 0 saturated carbocycles. The highest BCUT2D eigenvalue weighted by atomic mass is 16.5. The molecule has 1 aliphatic rings. The maximum Gasteiger partial charge on any atom is 0.378 e. The van der Waals surface area contributed by atoms with Crippen LogP contribution in [0.4, 0.5) is 5.69 Å². The van der Waals surface area contributed by atoms with Gasteiger partial charge in [-0.2, -0.15) is 0 Å². The van der Waals surface area contributed by atoms with E-state index in [1.165, 1.54) is 11.0 Å². The summed E-state index contributed by atoms with van der Waals surface area (Å²) in [5, 5.41) is 2.71. The molecule has 1 aliphatic heterocycles. The molecule has 1 heterocycles. The molecule has 0 bridgehead atoms. The van der Waals surface area contributed by atoms with E-state index in [4.69, 9.17) is 4.74 Å². The SMILES string of the molecule is O=C[N+]1=COCC1C(=O)Nc1ccccc1. The fourth-order valence-electron chi connectivity index (χ4n) is 1.44. The van der Waals surface area contributed by atoms with Gasteiger partial charge in [0, 0.05) is 5.69 Å². The lowest BCUT2D eigenvalue weighted by molar-refractivity contribution is -0.444. The lowest BCUT2D eigenvalue weighted by atomic mass is 10.2. The smallest absolute Gasteiger partial charge is 0.378 e. The zero-order chi connectivity index (χ0) is 11.4. The number of nitrogens with one attached hydrogen (secondary N) is 1. The Bertz CT molecular complexity index is 428. The lowest BCUT2D eigenvalue weighted by Crippen LogP contribution is -2.37. The van der Waals surface area contributed by atoms with Gasteiger partial charge in [-0.05, 0) is 12.1 Å². The largest absolute Gasteiger partial charge is 0.442 e. The van der Waals surface area contributed by atoms with E-state index < -0.39 is 6.04 Å². The van der Waals surface area contributed by atoms with E-state index in [0.717, 1.165) is 0 Å². The minimum Gasteiger partial charge on any atom is -0.442 e. The third kappa shape index (κ3) is 2.08. The Morgan fingerprint density at radius 3 is 2.88 bits per heavy atom. The van der Waals surface area contributed by atoms with Crippen molar-refractivity contribution < 1.29 is 18.9 Å². The third-order valence-electron chi connectivity index (χ3n) is 2.28. The highest BCUT2D eigenvalue weighted by Crippen LogP contribution is 2.07. The van der Waals surface area contributed by atoms with Crippen molar-refractivity contribution in [1.29, 1.82) is 0 Å². The molecule has 5 nitrogen and oxygen atoms in total. The lowest BCUT2D eigenvalue weighted by Gasteiger charge is -2.05. The van der Waals surface area contributed by atoms with E-state index in [9.17, 15) is 9.59 Å². The first-order chi connectivity index (χ1) is 7.81. The Balaban J connectivity index is 2.04. The number of para-hydroxylation sites is 1. The van der Waals surface area contributed by atoms with Gasteiger partial charge in [0.05, 0.1) is 0 Å². The molecule has 82 valence electrons. The number of ether oxygens (including phenoxy) is 1. The van der Waals surface area contributed by atoms with Crippen LogP contribution in [0.1, 0.15) is 0 Å². The standard InChI is InChI=1S/C11H10N2O3/c14-7-13-8-16-6-10(13)11(15)12-9-4-2-1-3-5-9/h1-5,7-8,10H,6H2/p+1. The third-order valence-corrected chi connectivity index (χ3v) is 2.28. The van der Waals surface area contributed by atoms with Gasteiger partial charge >= 0.3 is 12.8 Å². The number of hydrogen-bond acceptors (Lipinski definition) is 3. The van der Waals surface area contributed by atoms with Crippen LogP contribution >= 0.6 is 0 Å². The van der Waals surface area contributed by atoms with Crippen LogP contribution in [0.3, 0.4) is 0 Å². The summed E-state index contributed by atoms with van der Waals surface area (Å²) in [6, 6.07) is 8.48. The molecule has 2 rings (SSSR count). The molecule has 0 spiro atoms. The summed E-state index contributed by atoms with van der Waals surface area (Å²) in [6.45, 7) is 0.192. The van der Waals surface area contributed by atoms with Crippen molar-refractivity contribution in [1.82, 2.24) is 0 Å². The number of amides is 2. The first-order valence-electron chi connectivity index (χ1n) is 4.85. The molecular formula is C11H11N2O3+. The van der Waals surface area contributed by atoms with Gasteiger partial charge in [-0.3, -0.25) is 4.79 Å². The van der Waals surface area contributed by atoms with Gasteiger partial charge in [-0.1, -0.05) is 18.2 Å². The monoisotopic (exact) mass is 219 g/mol. The van der Waals surface area contributed by atoms with Gasteiger partial charge in [0.15, 0.2) is 6.61 Å². The average molecular weight is 219 g/mol. The fourth-order valence-corrected chi connectivity index (χ4v) is 1.44. The predicted molar refractivity (Wildman–Crippen MR) is 57.2 cm³/mol. The van der Waals surface area contributed by atoms with Gasteiger partial charge in [0.25, 0.3) is 11.9 Å². The van der Waals surface area contributed by atoms with Crippen LogP contribution in [0.25, 0.3) is 0 Å². The summed E-state index contributed by atoms with van der Waals surface area (Å²) in [4.78, 5) is 22.4. The zero-order valence-electron chi connectivity index (χ0n) is 8.50. The Kier molecular flexibility index (Phi) is 2.95. The molecule has 0 radical (unpaired) electrons.